The number of rotatable bonds is 2. The Kier molecular flexibility index (Phi) is 4.56. The Labute approximate surface area is 144 Å². The van der Waals surface area contributed by atoms with E-state index in [1.165, 1.54) is 16.8 Å². The SMILES string of the molecule is Cc1c(C(=O)N2C[C@@H](C)N[C@@H](C)C2)nnn1-c1ccc(F)c(Cl)c1. The normalized spacial score (nSPS) is 21.1. The summed E-state index contributed by atoms with van der Waals surface area (Å²) in [5.74, 6) is -0.648. The van der Waals surface area contributed by atoms with E-state index in [0.717, 1.165) is 0 Å². The summed E-state index contributed by atoms with van der Waals surface area (Å²) in [6.07, 6.45) is 0. The Balaban J connectivity index is 1.89. The highest BCUT2D eigenvalue weighted by molar-refractivity contribution is 6.30. The molecular formula is C16H19ClFN5O. The van der Waals surface area contributed by atoms with Gasteiger partial charge in [0.15, 0.2) is 5.69 Å². The molecule has 3 rings (SSSR count). The lowest BCUT2D eigenvalue weighted by atomic mass is 10.1. The van der Waals surface area contributed by atoms with Crippen molar-refractivity contribution in [2.24, 2.45) is 0 Å². The molecule has 1 saturated heterocycles. The topological polar surface area (TPSA) is 63.1 Å². The van der Waals surface area contributed by atoms with Crippen LogP contribution >= 0.6 is 11.6 Å². The first kappa shape index (κ1) is 16.9. The van der Waals surface area contributed by atoms with E-state index in [9.17, 15) is 9.18 Å². The molecule has 2 atom stereocenters. The van der Waals surface area contributed by atoms with E-state index in [2.05, 4.69) is 15.6 Å². The summed E-state index contributed by atoms with van der Waals surface area (Å²) in [6, 6.07) is 4.72. The van der Waals surface area contributed by atoms with E-state index in [4.69, 9.17) is 11.6 Å². The number of carbonyl (C=O) groups is 1. The first-order valence-corrected chi connectivity index (χ1v) is 8.17. The van der Waals surface area contributed by atoms with Crippen molar-refractivity contribution in [1.82, 2.24) is 25.2 Å². The molecule has 1 aliphatic heterocycles. The van der Waals surface area contributed by atoms with Crippen LogP contribution in [0.2, 0.25) is 5.02 Å². The van der Waals surface area contributed by atoms with Gasteiger partial charge in [-0.05, 0) is 39.0 Å². The molecule has 24 heavy (non-hydrogen) atoms. The molecule has 2 aromatic rings. The summed E-state index contributed by atoms with van der Waals surface area (Å²) in [7, 11) is 0. The molecule has 1 aliphatic rings. The highest BCUT2D eigenvalue weighted by atomic mass is 35.5. The van der Waals surface area contributed by atoms with Gasteiger partial charge in [0.1, 0.15) is 5.82 Å². The Morgan fingerprint density at radius 2 is 2.00 bits per heavy atom. The van der Waals surface area contributed by atoms with Crippen molar-refractivity contribution in [3.05, 3.63) is 40.4 Å². The predicted octanol–water partition coefficient (Wildman–Crippen LogP) is 2.19. The van der Waals surface area contributed by atoms with Gasteiger partial charge in [0.25, 0.3) is 5.91 Å². The van der Waals surface area contributed by atoms with Crippen molar-refractivity contribution in [2.45, 2.75) is 32.9 Å². The number of halogens is 2. The van der Waals surface area contributed by atoms with Crippen molar-refractivity contribution in [1.29, 1.82) is 0 Å². The van der Waals surface area contributed by atoms with Gasteiger partial charge in [-0.3, -0.25) is 4.79 Å². The molecule has 1 amide bonds. The number of amides is 1. The Morgan fingerprint density at radius 1 is 1.33 bits per heavy atom. The minimum Gasteiger partial charge on any atom is -0.334 e. The number of aromatic nitrogens is 3. The molecule has 128 valence electrons. The van der Waals surface area contributed by atoms with Gasteiger partial charge in [-0.15, -0.1) is 5.10 Å². The van der Waals surface area contributed by atoms with Crippen molar-refractivity contribution in [3.8, 4) is 5.69 Å². The van der Waals surface area contributed by atoms with Crippen LogP contribution in [0, 0.1) is 12.7 Å². The highest BCUT2D eigenvalue weighted by Crippen LogP contribution is 2.21. The molecule has 0 spiro atoms. The van der Waals surface area contributed by atoms with Gasteiger partial charge in [-0.2, -0.15) is 0 Å². The van der Waals surface area contributed by atoms with Gasteiger partial charge in [-0.25, -0.2) is 9.07 Å². The van der Waals surface area contributed by atoms with Crippen molar-refractivity contribution in [2.75, 3.05) is 13.1 Å². The van der Waals surface area contributed by atoms with E-state index in [0.29, 0.717) is 30.2 Å². The number of benzene rings is 1. The number of nitrogens with one attached hydrogen (secondary N) is 1. The maximum Gasteiger partial charge on any atom is 0.276 e. The molecule has 1 fully saturated rings. The summed E-state index contributed by atoms with van der Waals surface area (Å²) in [4.78, 5) is 14.6. The molecule has 0 radical (unpaired) electrons. The number of nitrogens with zero attached hydrogens (tertiary/aromatic N) is 4. The number of carbonyl (C=O) groups excluding carboxylic acids is 1. The van der Waals surface area contributed by atoms with Crippen LogP contribution in [0.15, 0.2) is 18.2 Å². The number of hydrogen-bond donors (Lipinski definition) is 1. The smallest absolute Gasteiger partial charge is 0.276 e. The fourth-order valence-electron chi connectivity index (χ4n) is 3.03. The fraction of sp³-hybridized carbons (Fsp3) is 0.438. The van der Waals surface area contributed by atoms with Gasteiger partial charge < -0.3 is 10.2 Å². The van der Waals surface area contributed by atoms with Crippen molar-refractivity contribution in [3.63, 3.8) is 0 Å². The lowest BCUT2D eigenvalue weighted by Crippen LogP contribution is -2.56. The molecule has 0 bridgehead atoms. The van der Waals surface area contributed by atoms with Gasteiger partial charge in [0, 0.05) is 25.2 Å². The molecule has 1 N–H and O–H groups in total. The van der Waals surface area contributed by atoms with Crippen molar-refractivity contribution >= 4 is 17.5 Å². The van der Waals surface area contributed by atoms with Crippen LogP contribution in [0.5, 0.6) is 0 Å². The molecule has 6 nitrogen and oxygen atoms in total. The summed E-state index contributed by atoms with van der Waals surface area (Å²) >= 11 is 5.82. The van der Waals surface area contributed by atoms with E-state index in [-0.39, 0.29) is 23.0 Å². The molecule has 1 aromatic carbocycles. The van der Waals surface area contributed by atoms with Crippen LogP contribution < -0.4 is 5.32 Å². The Hall–Kier alpha value is -1.99. The third-order valence-electron chi connectivity index (χ3n) is 4.09. The van der Waals surface area contributed by atoms with Crippen LogP contribution in [-0.4, -0.2) is 51.0 Å². The molecule has 8 heteroatoms. The van der Waals surface area contributed by atoms with Crippen LogP contribution in [0.3, 0.4) is 0 Å². The quantitative estimate of drug-likeness (QED) is 0.901. The summed E-state index contributed by atoms with van der Waals surface area (Å²) in [6.45, 7) is 7.09. The molecule has 1 aromatic heterocycles. The van der Waals surface area contributed by atoms with Crippen LogP contribution in [0.25, 0.3) is 5.69 Å². The maximum atomic E-state index is 13.3. The largest absolute Gasteiger partial charge is 0.334 e. The minimum absolute atomic E-state index is 0.0000287. The van der Waals surface area contributed by atoms with Gasteiger partial charge in [-0.1, -0.05) is 16.8 Å². The number of hydrogen-bond acceptors (Lipinski definition) is 4. The zero-order chi connectivity index (χ0) is 17.4. The van der Waals surface area contributed by atoms with Gasteiger partial charge in [0.2, 0.25) is 0 Å². The monoisotopic (exact) mass is 351 g/mol. The summed E-state index contributed by atoms with van der Waals surface area (Å²) < 4.78 is 14.8. The zero-order valence-corrected chi connectivity index (χ0v) is 14.5. The third-order valence-corrected chi connectivity index (χ3v) is 4.38. The standard InChI is InChI=1S/C16H19ClFN5O/c1-9-7-22(8-10(2)19-9)16(24)15-11(3)23(21-20-15)12-4-5-14(18)13(17)6-12/h4-6,9-10,19H,7-8H2,1-3H3/t9-,10+. The zero-order valence-electron chi connectivity index (χ0n) is 13.8. The lowest BCUT2D eigenvalue weighted by molar-refractivity contribution is 0.0667. The molecule has 2 heterocycles. The maximum absolute atomic E-state index is 13.3. The van der Waals surface area contributed by atoms with E-state index >= 15 is 0 Å². The van der Waals surface area contributed by atoms with E-state index < -0.39 is 5.82 Å². The average Bonchev–Trinajstić information content (AvgIpc) is 2.90. The van der Waals surface area contributed by atoms with Crippen LogP contribution in [0.4, 0.5) is 4.39 Å². The molecule has 0 aliphatic carbocycles. The van der Waals surface area contributed by atoms with Crippen molar-refractivity contribution < 1.29 is 9.18 Å². The second-order valence-corrected chi connectivity index (χ2v) is 6.62. The lowest BCUT2D eigenvalue weighted by Gasteiger charge is -2.35. The van der Waals surface area contributed by atoms with Crippen LogP contribution in [0.1, 0.15) is 30.0 Å². The van der Waals surface area contributed by atoms with Gasteiger partial charge in [0.05, 0.1) is 16.4 Å². The molecule has 0 saturated carbocycles. The Morgan fingerprint density at radius 3 is 2.62 bits per heavy atom. The fourth-order valence-corrected chi connectivity index (χ4v) is 3.21. The molecule has 0 unspecified atom stereocenters. The average molecular weight is 352 g/mol. The number of piperazine rings is 1. The Bertz CT molecular complexity index is 768. The van der Waals surface area contributed by atoms with Gasteiger partial charge >= 0.3 is 0 Å². The second kappa shape index (κ2) is 6.49. The second-order valence-electron chi connectivity index (χ2n) is 6.21. The summed E-state index contributed by atoms with van der Waals surface area (Å²) in [5, 5.41) is 11.5. The van der Waals surface area contributed by atoms with E-state index in [1.807, 2.05) is 13.8 Å². The molecular weight excluding hydrogens is 333 g/mol. The predicted molar refractivity (Wildman–Crippen MR) is 89.0 cm³/mol. The first-order chi connectivity index (χ1) is 11.4. The first-order valence-electron chi connectivity index (χ1n) is 7.80. The van der Waals surface area contributed by atoms with E-state index in [1.54, 1.807) is 17.9 Å². The minimum atomic E-state index is -0.502. The van der Waals surface area contributed by atoms with Crippen LogP contribution in [-0.2, 0) is 0 Å². The summed E-state index contributed by atoms with van der Waals surface area (Å²) in [5.41, 5.74) is 1.46. The highest BCUT2D eigenvalue weighted by Gasteiger charge is 2.29. The third kappa shape index (κ3) is 3.14.